The lowest BCUT2D eigenvalue weighted by atomic mass is 9.91. The molecule has 1 heterocycles. The minimum Gasteiger partial charge on any atom is -0.496 e. The summed E-state index contributed by atoms with van der Waals surface area (Å²) in [7, 11) is 3.11. The number of ether oxygens (including phenoxy) is 2. The van der Waals surface area contributed by atoms with Gasteiger partial charge in [-0.15, -0.1) is 0 Å². The topological polar surface area (TPSA) is 106 Å². The van der Waals surface area contributed by atoms with Crippen molar-refractivity contribution in [1.82, 2.24) is 10.3 Å². The molecule has 4 rings (SSSR count). The van der Waals surface area contributed by atoms with Crippen molar-refractivity contribution in [2.24, 2.45) is 0 Å². The smallest absolute Gasteiger partial charge is 0.255 e. The van der Waals surface area contributed by atoms with Crippen LogP contribution in [0.15, 0.2) is 65.1 Å². The van der Waals surface area contributed by atoms with Crippen molar-refractivity contribution in [2.75, 3.05) is 33.1 Å². The second-order valence-corrected chi connectivity index (χ2v) is 8.53. The van der Waals surface area contributed by atoms with E-state index in [4.69, 9.17) is 15.2 Å². The molecule has 8 heteroatoms. The van der Waals surface area contributed by atoms with Crippen LogP contribution in [0.5, 0.6) is 5.75 Å². The first kappa shape index (κ1) is 23.5. The highest BCUT2D eigenvalue weighted by Gasteiger charge is 2.30. The summed E-state index contributed by atoms with van der Waals surface area (Å²) in [5, 5.41) is 4.58. The molecule has 0 atom stereocenters. The number of methoxy groups -OCH3 is 2. The fourth-order valence-electron chi connectivity index (χ4n) is 3.96. The predicted octanol–water partition coefficient (Wildman–Crippen LogP) is 4.80. The second kappa shape index (κ2) is 10.1. The highest BCUT2D eigenvalue weighted by atomic mass is 79.9. The van der Waals surface area contributed by atoms with E-state index in [1.165, 1.54) is 0 Å². The Bertz CT molecular complexity index is 1360. The SMILES string of the molecule is COCCNC(=O)c1c(N)[nH]c(C(=O)c2ccc(Br)cc2)c1-c1c(OC)ccc2ccccc12. The van der Waals surface area contributed by atoms with Crippen LogP contribution in [0.1, 0.15) is 26.4 Å². The molecule has 4 N–H and O–H groups in total. The normalized spacial score (nSPS) is 10.9. The van der Waals surface area contributed by atoms with Gasteiger partial charge in [0, 0.05) is 34.8 Å². The van der Waals surface area contributed by atoms with Crippen LogP contribution in [0.3, 0.4) is 0 Å². The molecular formula is C26H24BrN3O4. The Morgan fingerprint density at radius 3 is 2.44 bits per heavy atom. The van der Waals surface area contributed by atoms with E-state index in [0.717, 1.165) is 15.2 Å². The first-order chi connectivity index (χ1) is 16.5. The van der Waals surface area contributed by atoms with Crippen LogP contribution in [-0.2, 0) is 4.74 Å². The molecule has 0 saturated carbocycles. The zero-order chi connectivity index (χ0) is 24.2. The van der Waals surface area contributed by atoms with Crippen LogP contribution >= 0.6 is 15.9 Å². The number of ketones is 1. The third-order valence-corrected chi connectivity index (χ3v) is 6.07. The molecule has 4 aromatic rings. The fourth-order valence-corrected chi connectivity index (χ4v) is 4.22. The van der Waals surface area contributed by atoms with Crippen molar-refractivity contribution in [1.29, 1.82) is 0 Å². The van der Waals surface area contributed by atoms with E-state index in [1.54, 1.807) is 38.5 Å². The van der Waals surface area contributed by atoms with Gasteiger partial charge in [-0.2, -0.15) is 0 Å². The van der Waals surface area contributed by atoms with Crippen LogP contribution in [0.25, 0.3) is 21.9 Å². The van der Waals surface area contributed by atoms with Crippen LogP contribution < -0.4 is 15.8 Å². The molecule has 174 valence electrons. The van der Waals surface area contributed by atoms with Crippen LogP contribution in [0.2, 0.25) is 0 Å². The van der Waals surface area contributed by atoms with Gasteiger partial charge in [-0.05, 0) is 41.1 Å². The summed E-state index contributed by atoms with van der Waals surface area (Å²) in [6, 6.07) is 18.5. The number of fused-ring (bicyclic) bond motifs is 1. The number of hydrogen-bond acceptors (Lipinski definition) is 5. The third kappa shape index (κ3) is 4.42. The average Bonchev–Trinajstić information content (AvgIpc) is 3.19. The van der Waals surface area contributed by atoms with E-state index >= 15 is 0 Å². The van der Waals surface area contributed by atoms with Crippen molar-refractivity contribution in [3.8, 4) is 16.9 Å². The quantitative estimate of drug-likeness (QED) is 0.228. The summed E-state index contributed by atoms with van der Waals surface area (Å²) < 4.78 is 11.6. The van der Waals surface area contributed by atoms with Gasteiger partial charge in [0.25, 0.3) is 5.91 Å². The lowest BCUT2D eigenvalue weighted by Gasteiger charge is -2.15. The summed E-state index contributed by atoms with van der Waals surface area (Å²) >= 11 is 3.39. The highest BCUT2D eigenvalue weighted by Crippen LogP contribution is 2.43. The second-order valence-electron chi connectivity index (χ2n) is 7.61. The summed E-state index contributed by atoms with van der Waals surface area (Å²) in [4.78, 5) is 29.9. The summed E-state index contributed by atoms with van der Waals surface area (Å²) in [6.07, 6.45) is 0. The number of aromatic nitrogens is 1. The number of halogens is 1. The summed E-state index contributed by atoms with van der Waals surface area (Å²) in [6.45, 7) is 0.635. The van der Waals surface area contributed by atoms with Gasteiger partial charge < -0.3 is 25.5 Å². The van der Waals surface area contributed by atoms with Gasteiger partial charge in [0.2, 0.25) is 5.78 Å². The molecule has 0 aliphatic heterocycles. The van der Waals surface area contributed by atoms with E-state index < -0.39 is 5.91 Å². The fraction of sp³-hybridized carbons (Fsp3) is 0.154. The van der Waals surface area contributed by atoms with Gasteiger partial charge in [-0.25, -0.2) is 0 Å². The molecule has 1 aromatic heterocycles. The maximum absolute atomic E-state index is 13.6. The van der Waals surface area contributed by atoms with E-state index in [-0.39, 0.29) is 22.9 Å². The molecule has 1 amide bonds. The Labute approximate surface area is 205 Å². The largest absolute Gasteiger partial charge is 0.496 e. The molecular weight excluding hydrogens is 498 g/mol. The molecule has 0 aliphatic rings. The number of anilines is 1. The number of hydrogen-bond donors (Lipinski definition) is 3. The van der Waals surface area contributed by atoms with E-state index in [1.807, 2.05) is 36.4 Å². The van der Waals surface area contributed by atoms with E-state index in [9.17, 15) is 9.59 Å². The maximum Gasteiger partial charge on any atom is 0.255 e. The van der Waals surface area contributed by atoms with E-state index in [0.29, 0.717) is 35.6 Å². The number of amides is 1. The lowest BCUT2D eigenvalue weighted by Crippen LogP contribution is -2.27. The first-order valence-corrected chi connectivity index (χ1v) is 11.4. The number of carbonyl (C=O) groups excluding carboxylic acids is 2. The Hall–Kier alpha value is -3.62. The number of nitrogens with one attached hydrogen (secondary N) is 2. The van der Waals surface area contributed by atoms with Crippen LogP contribution in [0, 0.1) is 0 Å². The van der Waals surface area contributed by atoms with Crippen molar-refractivity contribution in [2.45, 2.75) is 0 Å². The molecule has 0 bridgehead atoms. The number of H-pyrrole nitrogens is 1. The van der Waals surface area contributed by atoms with Gasteiger partial charge in [0.15, 0.2) is 0 Å². The summed E-state index contributed by atoms with van der Waals surface area (Å²) in [5.41, 5.74) is 8.18. The molecule has 3 aromatic carbocycles. The molecule has 0 spiro atoms. The molecule has 0 radical (unpaired) electrons. The van der Waals surface area contributed by atoms with Gasteiger partial charge in [-0.3, -0.25) is 9.59 Å². The number of aromatic amines is 1. The van der Waals surface area contributed by atoms with E-state index in [2.05, 4.69) is 26.2 Å². The number of rotatable bonds is 8. The van der Waals surface area contributed by atoms with Crippen molar-refractivity contribution < 1.29 is 19.1 Å². The van der Waals surface area contributed by atoms with Crippen LogP contribution in [-0.4, -0.2) is 44.0 Å². The maximum atomic E-state index is 13.6. The Kier molecular flexibility index (Phi) is 7.00. The molecule has 0 aliphatic carbocycles. The van der Waals surface area contributed by atoms with Crippen molar-refractivity contribution in [3.05, 3.63) is 82.0 Å². The number of benzene rings is 3. The lowest BCUT2D eigenvalue weighted by molar-refractivity contribution is 0.0938. The number of nitrogen functional groups attached to an aromatic ring is 1. The molecule has 0 fully saturated rings. The third-order valence-electron chi connectivity index (χ3n) is 5.54. The summed E-state index contributed by atoms with van der Waals surface area (Å²) in [5.74, 6) is -0.0837. The standard InChI is InChI=1S/C26H24BrN3O4/c1-33-14-13-29-26(32)22-21(20-18-6-4-3-5-15(18)9-12-19(20)34-2)23(30-25(22)28)24(31)16-7-10-17(27)11-8-16/h3-12,30H,13-14,28H2,1-2H3,(H,29,32). The van der Waals surface area contributed by atoms with Gasteiger partial charge in [0.1, 0.15) is 11.6 Å². The van der Waals surface area contributed by atoms with Crippen molar-refractivity contribution >= 4 is 44.2 Å². The highest BCUT2D eigenvalue weighted by molar-refractivity contribution is 9.10. The molecule has 34 heavy (non-hydrogen) atoms. The number of nitrogens with two attached hydrogens (primary N) is 1. The Morgan fingerprint density at radius 2 is 1.74 bits per heavy atom. The Morgan fingerprint density at radius 1 is 1.00 bits per heavy atom. The Balaban J connectivity index is 2.00. The predicted molar refractivity (Wildman–Crippen MR) is 136 cm³/mol. The van der Waals surface area contributed by atoms with Gasteiger partial charge in [0.05, 0.1) is 25.0 Å². The number of carbonyl (C=O) groups is 2. The average molecular weight is 522 g/mol. The molecule has 0 unspecified atom stereocenters. The minimum atomic E-state index is -0.411. The van der Waals surface area contributed by atoms with Crippen molar-refractivity contribution in [3.63, 3.8) is 0 Å². The first-order valence-electron chi connectivity index (χ1n) is 10.6. The minimum absolute atomic E-state index is 0.0976. The monoisotopic (exact) mass is 521 g/mol. The zero-order valence-corrected chi connectivity index (χ0v) is 20.4. The molecule has 7 nitrogen and oxygen atoms in total. The van der Waals surface area contributed by atoms with Gasteiger partial charge >= 0.3 is 0 Å². The zero-order valence-electron chi connectivity index (χ0n) is 18.8. The van der Waals surface area contributed by atoms with Crippen LogP contribution in [0.4, 0.5) is 5.82 Å². The molecule has 0 saturated heterocycles. The van der Waals surface area contributed by atoms with Gasteiger partial charge in [-0.1, -0.05) is 46.3 Å².